The third-order valence-electron chi connectivity index (χ3n) is 6.89. The molecule has 2 fully saturated rings. The van der Waals surface area contributed by atoms with E-state index in [1.807, 2.05) is 44.2 Å². The van der Waals surface area contributed by atoms with Crippen molar-refractivity contribution < 1.29 is 18.8 Å². The number of fused-ring (bicyclic) bond motifs is 4. The number of imide groups is 1. The second-order valence-electron chi connectivity index (χ2n) is 8.93. The van der Waals surface area contributed by atoms with Crippen LogP contribution in [0.2, 0.25) is 0 Å². The maximum absolute atomic E-state index is 14.2. The Hall–Kier alpha value is -3.06. The van der Waals surface area contributed by atoms with Crippen molar-refractivity contribution in [3.63, 3.8) is 0 Å². The highest BCUT2D eigenvalue weighted by Gasteiger charge is 2.70. The molecular weight excluding hydrogens is 397 g/mol. The largest absolute Gasteiger partial charge is 0.324 e. The molecule has 3 aliphatic rings. The Morgan fingerprint density at radius 3 is 2.52 bits per heavy atom. The van der Waals surface area contributed by atoms with Crippen LogP contribution < -0.4 is 10.6 Å². The molecule has 4 unspecified atom stereocenters. The predicted octanol–water partition coefficient (Wildman–Crippen LogP) is 2.44. The van der Waals surface area contributed by atoms with Crippen molar-refractivity contribution in [2.75, 3.05) is 11.9 Å². The second kappa shape index (κ2) is 6.99. The van der Waals surface area contributed by atoms with E-state index in [1.165, 1.54) is 23.1 Å². The van der Waals surface area contributed by atoms with E-state index in [-0.39, 0.29) is 30.3 Å². The molecule has 7 heteroatoms. The zero-order valence-corrected chi connectivity index (χ0v) is 17.4. The van der Waals surface area contributed by atoms with Gasteiger partial charge in [-0.2, -0.15) is 0 Å². The van der Waals surface area contributed by atoms with Gasteiger partial charge in [0.1, 0.15) is 11.4 Å². The first-order chi connectivity index (χ1) is 14.8. The van der Waals surface area contributed by atoms with Crippen LogP contribution in [-0.2, 0) is 26.3 Å². The molecule has 6 nitrogen and oxygen atoms in total. The molecule has 1 spiro atoms. The number of amides is 3. The van der Waals surface area contributed by atoms with Gasteiger partial charge in [0.15, 0.2) is 0 Å². The standard InChI is InChI=1S/C24H24FN3O3/c1-13(2)20-18-19(22(30)28(21(18)29)11-10-14-6-4-3-5-7-14)24(27-20)16-12-15(25)8-9-17(16)26-23(24)31/h3-9,12-13,18-20,27H,10-11H2,1-2H3,(H,26,31). The SMILES string of the molecule is CC(C)C1NC2(C(=O)Nc3ccc(F)cc32)C2C(=O)N(CCc3ccccc3)C(=O)C12. The summed E-state index contributed by atoms with van der Waals surface area (Å²) < 4.78 is 14.2. The van der Waals surface area contributed by atoms with Crippen LogP contribution in [-0.4, -0.2) is 35.2 Å². The highest BCUT2D eigenvalue weighted by Crippen LogP contribution is 2.53. The summed E-state index contributed by atoms with van der Waals surface area (Å²) in [4.78, 5) is 41.5. The summed E-state index contributed by atoms with van der Waals surface area (Å²) in [7, 11) is 0. The lowest BCUT2D eigenvalue weighted by Gasteiger charge is -2.30. The van der Waals surface area contributed by atoms with Gasteiger partial charge in [0.05, 0.1) is 11.8 Å². The smallest absolute Gasteiger partial charge is 0.250 e. The Morgan fingerprint density at radius 2 is 1.81 bits per heavy atom. The van der Waals surface area contributed by atoms with E-state index in [1.54, 1.807) is 0 Å². The third kappa shape index (κ3) is 2.76. The van der Waals surface area contributed by atoms with Crippen LogP contribution in [0.25, 0.3) is 0 Å². The lowest BCUT2D eigenvalue weighted by molar-refractivity contribution is -0.142. The molecule has 4 atom stereocenters. The minimum Gasteiger partial charge on any atom is -0.324 e. The molecule has 0 aromatic heterocycles. The summed E-state index contributed by atoms with van der Waals surface area (Å²) in [6.45, 7) is 4.17. The number of hydrogen-bond donors (Lipinski definition) is 2. The number of likely N-dealkylation sites (tertiary alicyclic amines) is 1. The third-order valence-corrected chi connectivity index (χ3v) is 6.89. The highest BCUT2D eigenvalue weighted by atomic mass is 19.1. The Balaban J connectivity index is 1.55. The fraction of sp³-hybridized carbons (Fsp3) is 0.375. The van der Waals surface area contributed by atoms with Crippen molar-refractivity contribution in [3.8, 4) is 0 Å². The summed E-state index contributed by atoms with van der Waals surface area (Å²) in [6, 6.07) is 13.4. The zero-order chi connectivity index (χ0) is 21.9. The quantitative estimate of drug-likeness (QED) is 0.744. The van der Waals surface area contributed by atoms with Crippen LogP contribution in [0, 0.1) is 23.6 Å². The molecule has 2 saturated heterocycles. The Kier molecular flexibility index (Phi) is 4.48. The van der Waals surface area contributed by atoms with Crippen LogP contribution in [0.5, 0.6) is 0 Å². The first-order valence-corrected chi connectivity index (χ1v) is 10.6. The Labute approximate surface area is 179 Å². The molecule has 2 aromatic carbocycles. The fourth-order valence-corrected chi connectivity index (χ4v) is 5.44. The van der Waals surface area contributed by atoms with Gasteiger partial charge in [-0.05, 0) is 36.1 Å². The number of nitrogens with zero attached hydrogens (tertiary/aromatic N) is 1. The van der Waals surface area contributed by atoms with E-state index >= 15 is 0 Å². The van der Waals surface area contributed by atoms with Gasteiger partial charge in [0.2, 0.25) is 17.7 Å². The number of carbonyl (C=O) groups is 3. The molecule has 2 N–H and O–H groups in total. The number of anilines is 1. The number of rotatable bonds is 4. The lowest BCUT2D eigenvalue weighted by Crippen LogP contribution is -2.54. The summed E-state index contributed by atoms with van der Waals surface area (Å²) >= 11 is 0. The average Bonchev–Trinajstić information content (AvgIpc) is 3.33. The van der Waals surface area contributed by atoms with Crippen molar-refractivity contribution >= 4 is 23.4 Å². The van der Waals surface area contributed by atoms with Crippen LogP contribution in [0.15, 0.2) is 48.5 Å². The number of nitrogens with one attached hydrogen (secondary N) is 2. The fourth-order valence-electron chi connectivity index (χ4n) is 5.44. The number of halogens is 1. The summed E-state index contributed by atoms with van der Waals surface area (Å²) in [6.07, 6.45) is 0.544. The first-order valence-electron chi connectivity index (χ1n) is 10.6. The summed E-state index contributed by atoms with van der Waals surface area (Å²) in [5.41, 5.74) is 0.469. The maximum atomic E-state index is 14.2. The van der Waals surface area contributed by atoms with Gasteiger partial charge in [-0.15, -0.1) is 0 Å². The van der Waals surface area contributed by atoms with Gasteiger partial charge < -0.3 is 5.32 Å². The van der Waals surface area contributed by atoms with E-state index < -0.39 is 29.1 Å². The molecule has 3 heterocycles. The Morgan fingerprint density at radius 1 is 1.06 bits per heavy atom. The van der Waals surface area contributed by atoms with Gasteiger partial charge in [-0.1, -0.05) is 44.2 Å². The number of carbonyl (C=O) groups excluding carboxylic acids is 3. The molecule has 3 amide bonds. The highest BCUT2D eigenvalue weighted by molar-refractivity contribution is 6.15. The van der Waals surface area contributed by atoms with Crippen molar-refractivity contribution in [1.29, 1.82) is 0 Å². The molecule has 2 aromatic rings. The van der Waals surface area contributed by atoms with Crippen molar-refractivity contribution in [3.05, 3.63) is 65.5 Å². The minimum absolute atomic E-state index is 0.00288. The second-order valence-corrected chi connectivity index (χ2v) is 8.93. The molecule has 0 aliphatic carbocycles. The predicted molar refractivity (Wildman–Crippen MR) is 112 cm³/mol. The summed E-state index contributed by atoms with van der Waals surface area (Å²) in [5.74, 6) is -3.07. The van der Waals surface area contributed by atoms with Gasteiger partial charge >= 0.3 is 0 Å². The van der Waals surface area contributed by atoms with E-state index in [0.29, 0.717) is 17.7 Å². The molecule has 0 bridgehead atoms. The van der Waals surface area contributed by atoms with Gasteiger partial charge in [-0.3, -0.25) is 24.6 Å². The van der Waals surface area contributed by atoms with E-state index in [2.05, 4.69) is 10.6 Å². The lowest BCUT2D eigenvalue weighted by atomic mass is 9.76. The van der Waals surface area contributed by atoms with Crippen LogP contribution >= 0.6 is 0 Å². The monoisotopic (exact) mass is 421 g/mol. The molecule has 160 valence electrons. The average molecular weight is 421 g/mol. The molecule has 0 saturated carbocycles. The molecular formula is C24H24FN3O3. The Bertz CT molecular complexity index is 1090. The van der Waals surface area contributed by atoms with E-state index in [0.717, 1.165) is 5.56 Å². The zero-order valence-electron chi connectivity index (χ0n) is 17.4. The summed E-state index contributed by atoms with van der Waals surface area (Å²) in [5, 5.41) is 6.10. The first kappa shape index (κ1) is 19.9. The number of hydrogen-bond acceptors (Lipinski definition) is 4. The van der Waals surface area contributed by atoms with Crippen LogP contribution in [0.3, 0.4) is 0 Å². The van der Waals surface area contributed by atoms with Crippen molar-refractivity contribution in [1.82, 2.24) is 10.2 Å². The normalized spacial score (nSPS) is 29.1. The van der Waals surface area contributed by atoms with Gasteiger partial charge in [-0.25, -0.2) is 4.39 Å². The van der Waals surface area contributed by atoms with Crippen LogP contribution in [0.1, 0.15) is 25.0 Å². The van der Waals surface area contributed by atoms with Gasteiger partial charge in [0.25, 0.3) is 0 Å². The number of benzene rings is 2. The van der Waals surface area contributed by atoms with E-state index in [4.69, 9.17) is 0 Å². The minimum atomic E-state index is -1.44. The van der Waals surface area contributed by atoms with E-state index in [9.17, 15) is 18.8 Å². The van der Waals surface area contributed by atoms with Crippen molar-refractivity contribution in [2.24, 2.45) is 17.8 Å². The molecule has 31 heavy (non-hydrogen) atoms. The van der Waals surface area contributed by atoms with Crippen molar-refractivity contribution in [2.45, 2.75) is 31.8 Å². The van der Waals surface area contributed by atoms with Crippen LogP contribution in [0.4, 0.5) is 10.1 Å². The topological polar surface area (TPSA) is 78.5 Å². The molecule has 5 rings (SSSR count). The molecule has 3 aliphatic heterocycles. The maximum Gasteiger partial charge on any atom is 0.250 e. The molecule has 0 radical (unpaired) electrons. The van der Waals surface area contributed by atoms with Gasteiger partial charge in [0, 0.05) is 23.8 Å².